The number of aliphatic hydroxyl groups is 1. The Morgan fingerprint density at radius 2 is 2.07 bits per heavy atom. The Bertz CT molecular complexity index is 773. The molecule has 27 heavy (non-hydrogen) atoms. The van der Waals surface area contributed by atoms with Gasteiger partial charge >= 0.3 is 0 Å². The van der Waals surface area contributed by atoms with E-state index in [4.69, 9.17) is 4.74 Å². The van der Waals surface area contributed by atoms with Gasteiger partial charge in [-0.05, 0) is 52.2 Å². The molecule has 6 nitrogen and oxygen atoms in total. The van der Waals surface area contributed by atoms with Crippen molar-refractivity contribution in [1.29, 1.82) is 0 Å². The standard InChI is InChI=1S/C21H30N4O2/c1-15-7-8-16(18(10-15)27-21(2,3)4)12-22-19-11-20(24-14-23-19)25-9-5-6-17(25)13-26/h7-8,10-11,14,17,26H,5-6,9,12-13H2,1-4H3,(H,22,23,24). The van der Waals surface area contributed by atoms with Crippen LogP contribution in [-0.4, -0.2) is 39.9 Å². The first-order chi connectivity index (χ1) is 12.9. The third-order valence-electron chi connectivity index (χ3n) is 4.63. The summed E-state index contributed by atoms with van der Waals surface area (Å²) < 4.78 is 6.13. The van der Waals surface area contributed by atoms with Gasteiger partial charge in [-0.3, -0.25) is 0 Å². The van der Waals surface area contributed by atoms with Crippen LogP contribution in [-0.2, 0) is 6.54 Å². The number of rotatable bonds is 6. The summed E-state index contributed by atoms with van der Waals surface area (Å²) >= 11 is 0. The summed E-state index contributed by atoms with van der Waals surface area (Å²) in [6, 6.07) is 8.36. The SMILES string of the molecule is Cc1ccc(CNc2cc(N3CCCC3CO)ncn2)c(OC(C)(C)C)c1. The lowest BCUT2D eigenvalue weighted by molar-refractivity contribution is 0.129. The molecular weight excluding hydrogens is 340 g/mol. The van der Waals surface area contributed by atoms with E-state index in [2.05, 4.69) is 66.1 Å². The summed E-state index contributed by atoms with van der Waals surface area (Å²) in [6.07, 6.45) is 3.65. The number of hydrogen-bond donors (Lipinski definition) is 2. The maximum absolute atomic E-state index is 9.55. The molecule has 1 fully saturated rings. The lowest BCUT2D eigenvalue weighted by Gasteiger charge is -2.25. The minimum absolute atomic E-state index is 0.150. The maximum atomic E-state index is 9.55. The fourth-order valence-electron chi connectivity index (χ4n) is 3.35. The van der Waals surface area contributed by atoms with Gasteiger partial charge in [0.2, 0.25) is 0 Å². The van der Waals surface area contributed by atoms with Crippen LogP contribution in [0.5, 0.6) is 5.75 Å². The van der Waals surface area contributed by atoms with E-state index < -0.39 is 0 Å². The van der Waals surface area contributed by atoms with E-state index in [1.165, 1.54) is 5.56 Å². The van der Waals surface area contributed by atoms with Gasteiger partial charge in [0.1, 0.15) is 29.3 Å². The first kappa shape index (κ1) is 19.4. The lowest BCUT2D eigenvalue weighted by Crippen LogP contribution is -2.32. The fourth-order valence-corrected chi connectivity index (χ4v) is 3.35. The van der Waals surface area contributed by atoms with Crippen LogP contribution in [0.2, 0.25) is 0 Å². The highest BCUT2D eigenvalue weighted by atomic mass is 16.5. The number of anilines is 2. The average molecular weight is 370 g/mol. The minimum Gasteiger partial charge on any atom is -0.488 e. The normalized spacial score (nSPS) is 17.2. The number of nitrogens with zero attached hydrogens (tertiary/aromatic N) is 3. The van der Waals surface area contributed by atoms with Gasteiger partial charge in [-0.15, -0.1) is 0 Å². The molecular formula is C21H30N4O2. The number of ether oxygens (including phenoxy) is 1. The van der Waals surface area contributed by atoms with Crippen molar-refractivity contribution < 1.29 is 9.84 Å². The van der Waals surface area contributed by atoms with Gasteiger partial charge in [-0.1, -0.05) is 12.1 Å². The smallest absolute Gasteiger partial charge is 0.134 e. The first-order valence-corrected chi connectivity index (χ1v) is 9.58. The molecule has 1 aliphatic rings. The monoisotopic (exact) mass is 370 g/mol. The minimum atomic E-state index is -0.250. The predicted octanol–water partition coefficient (Wildman–Crippen LogP) is 3.54. The number of nitrogens with one attached hydrogen (secondary N) is 1. The van der Waals surface area contributed by atoms with E-state index in [0.717, 1.165) is 42.3 Å². The van der Waals surface area contributed by atoms with E-state index in [0.29, 0.717) is 6.54 Å². The largest absolute Gasteiger partial charge is 0.488 e. The molecule has 1 saturated heterocycles. The molecule has 0 spiro atoms. The van der Waals surface area contributed by atoms with Crippen LogP contribution in [0.25, 0.3) is 0 Å². The Morgan fingerprint density at radius 3 is 2.81 bits per heavy atom. The highest BCUT2D eigenvalue weighted by Crippen LogP contribution is 2.27. The molecule has 1 atom stereocenters. The molecule has 6 heteroatoms. The summed E-state index contributed by atoms with van der Waals surface area (Å²) in [5.74, 6) is 2.52. The molecule has 1 aromatic carbocycles. The number of aromatic nitrogens is 2. The zero-order chi connectivity index (χ0) is 19.4. The number of aliphatic hydroxyl groups excluding tert-OH is 1. The Labute approximate surface area is 161 Å². The van der Waals surface area contributed by atoms with Crippen LogP contribution >= 0.6 is 0 Å². The summed E-state index contributed by atoms with van der Waals surface area (Å²) in [6.45, 7) is 9.92. The lowest BCUT2D eigenvalue weighted by atomic mass is 10.1. The number of benzene rings is 1. The van der Waals surface area contributed by atoms with E-state index in [1.54, 1.807) is 6.33 Å². The molecule has 146 valence electrons. The van der Waals surface area contributed by atoms with Crippen molar-refractivity contribution in [2.45, 2.75) is 58.7 Å². The zero-order valence-corrected chi connectivity index (χ0v) is 16.7. The molecule has 2 N–H and O–H groups in total. The second-order valence-corrected chi connectivity index (χ2v) is 8.11. The van der Waals surface area contributed by atoms with Gasteiger partial charge < -0.3 is 20.1 Å². The van der Waals surface area contributed by atoms with Crippen molar-refractivity contribution in [1.82, 2.24) is 9.97 Å². The average Bonchev–Trinajstić information content (AvgIpc) is 3.09. The quantitative estimate of drug-likeness (QED) is 0.811. The van der Waals surface area contributed by atoms with E-state index in [-0.39, 0.29) is 18.2 Å². The molecule has 0 radical (unpaired) electrons. The van der Waals surface area contributed by atoms with Crippen molar-refractivity contribution in [2.75, 3.05) is 23.4 Å². The second-order valence-electron chi connectivity index (χ2n) is 8.11. The van der Waals surface area contributed by atoms with Crippen molar-refractivity contribution in [3.8, 4) is 5.75 Å². The third kappa shape index (κ3) is 5.10. The Hall–Kier alpha value is -2.34. The highest BCUT2D eigenvalue weighted by molar-refractivity contribution is 5.50. The second kappa shape index (κ2) is 8.13. The topological polar surface area (TPSA) is 70.5 Å². The molecule has 0 aliphatic carbocycles. The molecule has 0 amide bonds. The highest BCUT2D eigenvalue weighted by Gasteiger charge is 2.25. The summed E-state index contributed by atoms with van der Waals surface area (Å²) in [5.41, 5.74) is 2.01. The first-order valence-electron chi connectivity index (χ1n) is 9.58. The fraction of sp³-hybridized carbons (Fsp3) is 0.524. The number of hydrogen-bond acceptors (Lipinski definition) is 6. The molecule has 1 unspecified atom stereocenters. The van der Waals surface area contributed by atoms with Gasteiger partial charge in [0.05, 0.1) is 12.6 Å². The van der Waals surface area contributed by atoms with Crippen LogP contribution in [0.15, 0.2) is 30.6 Å². The van der Waals surface area contributed by atoms with Crippen molar-refractivity contribution >= 4 is 11.6 Å². The van der Waals surface area contributed by atoms with Gasteiger partial charge in [0.15, 0.2) is 0 Å². The molecule has 1 aliphatic heterocycles. The van der Waals surface area contributed by atoms with Gasteiger partial charge in [-0.25, -0.2) is 9.97 Å². The van der Waals surface area contributed by atoms with Crippen molar-refractivity contribution in [3.63, 3.8) is 0 Å². The van der Waals surface area contributed by atoms with E-state index >= 15 is 0 Å². The molecule has 3 rings (SSSR count). The summed E-state index contributed by atoms with van der Waals surface area (Å²) in [5, 5.41) is 12.9. The van der Waals surface area contributed by atoms with Gasteiger partial charge in [0.25, 0.3) is 0 Å². The summed E-state index contributed by atoms with van der Waals surface area (Å²) in [4.78, 5) is 10.9. The Balaban J connectivity index is 1.73. The van der Waals surface area contributed by atoms with Crippen molar-refractivity contribution in [2.24, 2.45) is 0 Å². The van der Waals surface area contributed by atoms with E-state index in [9.17, 15) is 5.11 Å². The van der Waals surface area contributed by atoms with Crippen LogP contribution in [0, 0.1) is 6.92 Å². The molecule has 0 bridgehead atoms. The van der Waals surface area contributed by atoms with Gasteiger partial charge in [-0.2, -0.15) is 0 Å². The zero-order valence-electron chi connectivity index (χ0n) is 16.7. The van der Waals surface area contributed by atoms with Crippen LogP contribution in [0.1, 0.15) is 44.7 Å². The number of aryl methyl sites for hydroxylation is 1. The van der Waals surface area contributed by atoms with Crippen LogP contribution in [0.4, 0.5) is 11.6 Å². The molecule has 2 heterocycles. The van der Waals surface area contributed by atoms with Crippen LogP contribution < -0.4 is 15.0 Å². The summed E-state index contributed by atoms with van der Waals surface area (Å²) in [7, 11) is 0. The Morgan fingerprint density at radius 1 is 1.26 bits per heavy atom. The molecule has 1 aromatic heterocycles. The predicted molar refractivity (Wildman–Crippen MR) is 108 cm³/mol. The Kier molecular flexibility index (Phi) is 5.85. The van der Waals surface area contributed by atoms with Crippen molar-refractivity contribution in [3.05, 3.63) is 41.7 Å². The van der Waals surface area contributed by atoms with Gasteiger partial charge in [0, 0.05) is 24.7 Å². The van der Waals surface area contributed by atoms with E-state index in [1.807, 2.05) is 6.07 Å². The van der Waals surface area contributed by atoms with Crippen LogP contribution in [0.3, 0.4) is 0 Å². The molecule has 2 aromatic rings. The third-order valence-corrected chi connectivity index (χ3v) is 4.63. The molecule has 0 saturated carbocycles. The maximum Gasteiger partial charge on any atom is 0.134 e.